The summed E-state index contributed by atoms with van der Waals surface area (Å²) in [7, 11) is -9.93. The summed E-state index contributed by atoms with van der Waals surface area (Å²) in [6.07, 6.45) is 71.7. The first-order valence-electron chi connectivity index (χ1n) is 42.9. The second kappa shape index (κ2) is 77.0. The van der Waals surface area contributed by atoms with Crippen LogP contribution in [0.15, 0.2) is 12.2 Å². The van der Waals surface area contributed by atoms with Crippen molar-refractivity contribution in [2.24, 2.45) is 0 Å². The molecule has 0 spiro atoms. The molecule has 0 amide bonds. The number of ether oxygens (including phenoxy) is 4. The fraction of sp³-hybridized carbons (Fsp3) is 0.928. The SMILES string of the molecule is CCCCCCCC/C=C\CCCCCCCC(=O)OC[C@H](COP(=O)(O)OC[C@H](O)COP(=O)(O)OC[C@@H](COC(=O)CCCCCCCCCCCCCCCCCCC)OC(=O)CCCCCCCCCCCCCCCCCCC)OC(=O)CCCCCCCCCCCCCCC. The van der Waals surface area contributed by atoms with Gasteiger partial charge in [0.2, 0.25) is 0 Å². The minimum Gasteiger partial charge on any atom is -0.462 e. The van der Waals surface area contributed by atoms with Gasteiger partial charge in [-0.05, 0) is 51.4 Å². The van der Waals surface area contributed by atoms with Crippen LogP contribution in [-0.2, 0) is 65.4 Å². The highest BCUT2D eigenvalue weighted by molar-refractivity contribution is 7.47. The molecule has 0 fully saturated rings. The first-order chi connectivity index (χ1) is 49.7. The molecule has 0 radical (unpaired) electrons. The van der Waals surface area contributed by atoms with Crippen LogP contribution in [0.3, 0.4) is 0 Å². The summed E-state index contributed by atoms with van der Waals surface area (Å²) in [6, 6.07) is 0. The largest absolute Gasteiger partial charge is 0.472 e. The standard InChI is InChI=1S/C83H160O17P2/c1-5-9-13-17-21-25-29-33-36-38-41-45-48-52-56-60-64-68-81(86)94-74-79(100-83(88)70-66-62-58-54-50-46-42-39-37-34-30-26-22-18-14-10-6-2)76-98-102(91,92)96-72-77(84)71-95-101(89,90)97-75-78(99-82(87)69-65-61-57-53-49-43-32-28-24-20-16-12-8-4)73-93-80(85)67-63-59-55-51-47-44-40-35-31-27-23-19-15-11-7-3/h35,40,77-79,84H,5-34,36-39,41-76H2,1-4H3,(H,89,90)(H,91,92)/b40-35-/t77-,78+,79+/m0/s1. The summed E-state index contributed by atoms with van der Waals surface area (Å²) >= 11 is 0. The summed E-state index contributed by atoms with van der Waals surface area (Å²) in [4.78, 5) is 73.1. The maximum atomic E-state index is 13.1. The molecule has 0 aliphatic heterocycles. The molecule has 0 heterocycles. The van der Waals surface area contributed by atoms with Gasteiger partial charge in [0.05, 0.1) is 26.4 Å². The summed E-state index contributed by atoms with van der Waals surface area (Å²) in [5.41, 5.74) is 0. The number of hydrogen-bond acceptors (Lipinski definition) is 15. The molecule has 102 heavy (non-hydrogen) atoms. The molecule has 0 aromatic carbocycles. The Bertz CT molecular complexity index is 1980. The molecule has 0 aromatic heterocycles. The van der Waals surface area contributed by atoms with Gasteiger partial charge in [0.1, 0.15) is 19.3 Å². The number of phosphoric ester groups is 2. The van der Waals surface area contributed by atoms with E-state index in [4.69, 9.17) is 37.0 Å². The fourth-order valence-electron chi connectivity index (χ4n) is 12.7. The molecule has 0 aliphatic rings. The van der Waals surface area contributed by atoms with Gasteiger partial charge in [0.25, 0.3) is 0 Å². The maximum absolute atomic E-state index is 13.1. The lowest BCUT2D eigenvalue weighted by atomic mass is 10.0. The Hall–Kier alpha value is -2.20. The van der Waals surface area contributed by atoms with E-state index in [2.05, 4.69) is 39.8 Å². The highest BCUT2D eigenvalue weighted by atomic mass is 31.2. The number of phosphoric acid groups is 2. The molecule has 0 rings (SSSR count). The predicted octanol–water partition coefficient (Wildman–Crippen LogP) is 25.1. The molecular formula is C83H160O17P2. The van der Waals surface area contributed by atoms with Crippen molar-refractivity contribution in [1.82, 2.24) is 0 Å². The van der Waals surface area contributed by atoms with Crippen molar-refractivity contribution in [2.45, 2.75) is 457 Å². The van der Waals surface area contributed by atoms with Crippen LogP contribution in [0.2, 0.25) is 0 Å². The number of carbonyl (C=O) groups excluding carboxylic acids is 4. The van der Waals surface area contributed by atoms with Gasteiger partial charge in [-0.2, -0.15) is 0 Å². The van der Waals surface area contributed by atoms with E-state index >= 15 is 0 Å². The molecule has 19 heteroatoms. The third-order valence-corrected chi connectivity index (χ3v) is 21.2. The zero-order valence-electron chi connectivity index (χ0n) is 66.3. The van der Waals surface area contributed by atoms with E-state index in [1.807, 2.05) is 0 Å². The number of allylic oxidation sites excluding steroid dienone is 2. The smallest absolute Gasteiger partial charge is 0.462 e. The summed E-state index contributed by atoms with van der Waals surface area (Å²) in [5, 5.41) is 10.7. The number of aliphatic hydroxyl groups is 1. The average molecular weight is 1490 g/mol. The van der Waals surface area contributed by atoms with Crippen LogP contribution in [0.5, 0.6) is 0 Å². The van der Waals surface area contributed by atoms with Crippen LogP contribution < -0.4 is 0 Å². The van der Waals surface area contributed by atoms with Gasteiger partial charge in [-0.25, -0.2) is 9.13 Å². The van der Waals surface area contributed by atoms with Crippen molar-refractivity contribution >= 4 is 39.5 Å². The number of hydrogen-bond donors (Lipinski definition) is 3. The normalized spacial score (nSPS) is 13.8. The lowest BCUT2D eigenvalue weighted by Crippen LogP contribution is -2.30. The van der Waals surface area contributed by atoms with Crippen LogP contribution in [0.1, 0.15) is 439 Å². The van der Waals surface area contributed by atoms with Gasteiger partial charge in [-0.1, -0.05) is 374 Å². The van der Waals surface area contributed by atoms with E-state index in [9.17, 15) is 43.2 Å². The third kappa shape index (κ3) is 76.0. The molecule has 5 atom stereocenters. The Morgan fingerprint density at radius 3 is 0.676 bits per heavy atom. The summed E-state index contributed by atoms with van der Waals surface area (Å²) in [5.74, 6) is -2.12. The lowest BCUT2D eigenvalue weighted by molar-refractivity contribution is -0.161. The molecular weight excluding hydrogens is 1330 g/mol. The van der Waals surface area contributed by atoms with Gasteiger partial charge in [-0.3, -0.25) is 37.3 Å². The highest BCUT2D eigenvalue weighted by Gasteiger charge is 2.30. The molecule has 0 saturated heterocycles. The molecule has 604 valence electrons. The van der Waals surface area contributed by atoms with Gasteiger partial charge in [0, 0.05) is 25.7 Å². The Morgan fingerprint density at radius 1 is 0.265 bits per heavy atom. The molecule has 0 bridgehead atoms. The third-order valence-electron chi connectivity index (χ3n) is 19.3. The van der Waals surface area contributed by atoms with Gasteiger partial charge in [0.15, 0.2) is 12.2 Å². The average Bonchev–Trinajstić information content (AvgIpc) is 0.908. The topological polar surface area (TPSA) is 237 Å². The zero-order valence-corrected chi connectivity index (χ0v) is 68.1. The monoisotopic (exact) mass is 1490 g/mol. The maximum Gasteiger partial charge on any atom is 0.472 e. The summed E-state index contributed by atoms with van der Waals surface area (Å²) < 4.78 is 68.8. The predicted molar refractivity (Wildman–Crippen MR) is 418 cm³/mol. The van der Waals surface area contributed by atoms with Crippen molar-refractivity contribution in [3.05, 3.63) is 12.2 Å². The minimum atomic E-state index is -4.96. The van der Waals surface area contributed by atoms with E-state index in [1.165, 1.54) is 250 Å². The van der Waals surface area contributed by atoms with Crippen molar-refractivity contribution in [1.29, 1.82) is 0 Å². The molecule has 0 saturated carbocycles. The zero-order chi connectivity index (χ0) is 74.6. The van der Waals surface area contributed by atoms with Crippen molar-refractivity contribution in [2.75, 3.05) is 39.6 Å². The van der Waals surface area contributed by atoms with Crippen LogP contribution in [-0.4, -0.2) is 96.7 Å². The number of unbranched alkanes of at least 4 members (excludes halogenated alkanes) is 55. The van der Waals surface area contributed by atoms with Crippen molar-refractivity contribution in [3.8, 4) is 0 Å². The molecule has 17 nitrogen and oxygen atoms in total. The van der Waals surface area contributed by atoms with E-state index < -0.39 is 97.5 Å². The Kier molecular flexibility index (Phi) is 75.3. The van der Waals surface area contributed by atoms with E-state index in [0.29, 0.717) is 25.7 Å². The fourth-order valence-corrected chi connectivity index (χ4v) is 14.3. The second-order valence-electron chi connectivity index (χ2n) is 29.5. The first kappa shape index (κ1) is 99.8. The van der Waals surface area contributed by atoms with Crippen LogP contribution in [0, 0.1) is 0 Å². The quantitative estimate of drug-likeness (QED) is 0.0169. The lowest BCUT2D eigenvalue weighted by Gasteiger charge is -2.21. The van der Waals surface area contributed by atoms with Gasteiger partial charge in [-0.15, -0.1) is 0 Å². The Labute approximate surface area is 625 Å². The van der Waals surface area contributed by atoms with E-state index in [1.54, 1.807) is 0 Å². The number of aliphatic hydroxyl groups excluding tert-OH is 1. The van der Waals surface area contributed by atoms with Crippen LogP contribution in [0.25, 0.3) is 0 Å². The Morgan fingerprint density at radius 2 is 0.451 bits per heavy atom. The molecule has 2 unspecified atom stereocenters. The second-order valence-corrected chi connectivity index (χ2v) is 32.4. The van der Waals surface area contributed by atoms with E-state index in [-0.39, 0.29) is 25.7 Å². The molecule has 0 aromatic rings. The van der Waals surface area contributed by atoms with Crippen molar-refractivity contribution in [3.63, 3.8) is 0 Å². The van der Waals surface area contributed by atoms with Gasteiger partial charge >= 0.3 is 39.5 Å². The van der Waals surface area contributed by atoms with Crippen LogP contribution >= 0.6 is 15.6 Å². The minimum absolute atomic E-state index is 0.105. The molecule has 3 N–H and O–H groups in total. The van der Waals surface area contributed by atoms with E-state index in [0.717, 1.165) is 109 Å². The Balaban J connectivity index is 5.27. The number of esters is 4. The summed E-state index contributed by atoms with van der Waals surface area (Å²) in [6.45, 7) is 5.02. The molecule has 0 aliphatic carbocycles. The number of rotatable bonds is 83. The first-order valence-corrected chi connectivity index (χ1v) is 45.9. The van der Waals surface area contributed by atoms with Crippen LogP contribution in [0.4, 0.5) is 0 Å². The van der Waals surface area contributed by atoms with Gasteiger partial charge < -0.3 is 33.8 Å². The highest BCUT2D eigenvalue weighted by Crippen LogP contribution is 2.45. The number of carbonyl (C=O) groups is 4. The van der Waals surface area contributed by atoms with Crippen molar-refractivity contribution < 1.29 is 80.2 Å².